The number of nitrogens with zero attached hydrogens (tertiary/aromatic N) is 5. The smallest absolute Gasteiger partial charge is 0.333 e. The molecule has 0 atom stereocenters. The second-order valence-corrected chi connectivity index (χ2v) is 17.5. The molecule has 18 nitrogen and oxygen atoms in total. The number of carbonyl (C=O) groups is 2. The summed E-state index contributed by atoms with van der Waals surface area (Å²) in [5.41, 5.74) is -1.15. The number of esters is 2. The molecule has 3 heterocycles. The second kappa shape index (κ2) is 25.8. The lowest BCUT2D eigenvalue weighted by Crippen LogP contribution is -2.42. The van der Waals surface area contributed by atoms with Crippen LogP contribution in [-0.4, -0.2) is 60.1 Å². The van der Waals surface area contributed by atoms with E-state index in [0.717, 1.165) is 45.1 Å². The summed E-state index contributed by atoms with van der Waals surface area (Å²) >= 11 is 29.3. The van der Waals surface area contributed by atoms with E-state index in [1.165, 1.54) is 39.0 Å². The number of benzene rings is 4. The van der Waals surface area contributed by atoms with E-state index in [9.17, 15) is 42.7 Å². The number of aromatic nitrogens is 6. The zero-order chi connectivity index (χ0) is 52.8. The number of ether oxygens (including phenoxy) is 3. The monoisotopic (exact) mass is 1090 g/mol. The molecular formula is C48H43Cl5FN7O11. The van der Waals surface area contributed by atoms with Gasteiger partial charge < -0.3 is 19.5 Å². The summed E-state index contributed by atoms with van der Waals surface area (Å²) in [7, 11) is 2.34. The first kappa shape index (κ1) is 55.8. The molecule has 0 aliphatic rings. The van der Waals surface area contributed by atoms with Crippen molar-refractivity contribution in [3.63, 3.8) is 0 Å². The standard InChI is InChI=1S/C23H23ClFN3O5.C14H12Cl2N2O4.C11H8Cl2N2O2/c1-14(2)33-19-9-8-17(10-18(19)25)26-20-11-21(29)28(13-22(30)32-3)23(31)27(20)12-15-4-6-16(24)7-5-15;1-22-13(20)8-18-12(19)6-11(16)17(14(18)21)7-9-2-4-10(15)5-3-9;12-8-3-1-7(2-4-8)6-15-9(13)5-10(16)14-11(15)17/h4-11,14,26H,12-13H2,1-3H3;2-6H,7-8H2,1H3;1-5H,6H2,(H,14,16,17). The number of carbonyl (C=O) groups excluding carboxylic acids is 2. The number of halogens is 6. The van der Waals surface area contributed by atoms with Crippen LogP contribution in [0.4, 0.5) is 15.9 Å². The molecule has 0 amide bonds. The van der Waals surface area contributed by atoms with Gasteiger partial charge in [-0.2, -0.15) is 0 Å². The summed E-state index contributed by atoms with van der Waals surface area (Å²) in [4.78, 5) is 97.5. The number of nitrogens with one attached hydrogen (secondary N) is 2. The van der Waals surface area contributed by atoms with Crippen LogP contribution in [-0.2, 0) is 51.8 Å². The average Bonchev–Trinajstić information content (AvgIpc) is 3.33. The van der Waals surface area contributed by atoms with E-state index in [-0.39, 0.29) is 47.6 Å². The van der Waals surface area contributed by atoms with Crippen LogP contribution < -0.4 is 43.8 Å². The summed E-state index contributed by atoms with van der Waals surface area (Å²) < 4.78 is 34.2. The molecule has 0 saturated carbocycles. The Bertz CT molecular complexity index is 3430. The van der Waals surface area contributed by atoms with Crippen LogP contribution in [0.2, 0.25) is 25.4 Å². The first-order chi connectivity index (χ1) is 34.1. The SMILES string of the molecule is COC(=O)Cn1c(=O)cc(Cl)n(Cc2ccc(Cl)cc2)c1=O.COC(=O)Cn1c(=O)cc(Nc2ccc(OC(C)C)c(F)c2)n(Cc2ccc(Cl)cc2)c1=O.O=c1cc(Cl)n(Cc2ccc(Cl)cc2)c(=O)[nH]1. The van der Waals surface area contributed by atoms with Crippen molar-refractivity contribution in [2.45, 2.75) is 52.7 Å². The molecule has 3 aromatic heterocycles. The number of aromatic amines is 1. The minimum Gasteiger partial charge on any atom is -0.488 e. The minimum absolute atomic E-state index is 0.00827. The van der Waals surface area contributed by atoms with E-state index in [2.05, 4.69) is 19.8 Å². The Balaban J connectivity index is 0.000000213. The van der Waals surface area contributed by atoms with E-state index < -0.39 is 64.6 Å². The zero-order valence-electron chi connectivity index (χ0n) is 38.5. The molecule has 0 saturated heterocycles. The first-order valence-electron chi connectivity index (χ1n) is 21.1. The highest BCUT2D eigenvalue weighted by Gasteiger charge is 2.17. The van der Waals surface area contributed by atoms with E-state index in [4.69, 9.17) is 62.7 Å². The summed E-state index contributed by atoms with van der Waals surface area (Å²) in [6.45, 7) is 3.06. The number of methoxy groups -OCH3 is 2. The first-order valence-corrected chi connectivity index (χ1v) is 23.0. The Morgan fingerprint density at radius 1 is 0.569 bits per heavy atom. The molecule has 72 heavy (non-hydrogen) atoms. The number of hydrogen-bond donors (Lipinski definition) is 2. The van der Waals surface area contributed by atoms with E-state index in [0.29, 0.717) is 20.8 Å². The Kier molecular flexibility index (Phi) is 20.0. The fourth-order valence-corrected chi connectivity index (χ4v) is 7.15. The Morgan fingerprint density at radius 3 is 1.44 bits per heavy atom. The van der Waals surface area contributed by atoms with Crippen molar-refractivity contribution in [1.82, 2.24) is 27.8 Å². The maximum absolute atomic E-state index is 14.4. The fraction of sp³-hybridized carbons (Fsp3) is 0.208. The predicted octanol–water partition coefficient (Wildman–Crippen LogP) is 6.98. The third-order valence-electron chi connectivity index (χ3n) is 9.85. The molecule has 0 radical (unpaired) electrons. The van der Waals surface area contributed by atoms with E-state index in [1.54, 1.807) is 92.7 Å². The molecular weight excluding hydrogens is 1050 g/mol. The zero-order valence-corrected chi connectivity index (χ0v) is 42.3. The van der Waals surface area contributed by atoms with Crippen LogP contribution >= 0.6 is 58.0 Å². The Morgan fingerprint density at radius 2 is 1.00 bits per heavy atom. The summed E-state index contributed by atoms with van der Waals surface area (Å²) in [6.07, 6.45) is -0.203. The molecule has 0 unspecified atom stereocenters. The third-order valence-corrected chi connectivity index (χ3v) is 11.2. The molecule has 0 aliphatic heterocycles. The maximum atomic E-state index is 14.4. The normalized spacial score (nSPS) is 10.7. The topological polar surface area (TPSA) is 217 Å². The Hall–Kier alpha value is -7.16. The number of rotatable bonds is 14. The molecule has 0 spiro atoms. The van der Waals surface area contributed by atoms with Gasteiger partial charge in [0, 0.05) is 45.0 Å². The van der Waals surface area contributed by atoms with Crippen molar-refractivity contribution in [2.24, 2.45) is 0 Å². The van der Waals surface area contributed by atoms with Gasteiger partial charge in [-0.1, -0.05) is 94.4 Å². The van der Waals surface area contributed by atoms with Gasteiger partial charge in [-0.25, -0.2) is 27.9 Å². The lowest BCUT2D eigenvalue weighted by Gasteiger charge is -2.17. The Labute approximate surface area is 432 Å². The summed E-state index contributed by atoms with van der Waals surface area (Å²) in [5.74, 6) is -1.82. The number of H-pyrrole nitrogens is 1. The molecule has 4 aromatic carbocycles. The van der Waals surface area contributed by atoms with Crippen molar-refractivity contribution in [3.05, 3.63) is 220 Å². The quantitative estimate of drug-likeness (QED) is 0.0833. The van der Waals surface area contributed by atoms with Crippen molar-refractivity contribution in [1.29, 1.82) is 0 Å². The van der Waals surface area contributed by atoms with Crippen molar-refractivity contribution >= 4 is 81.4 Å². The molecule has 0 fully saturated rings. The molecule has 378 valence electrons. The second-order valence-electron chi connectivity index (χ2n) is 15.4. The summed E-state index contributed by atoms with van der Waals surface area (Å²) in [6, 6.07) is 28.3. The third kappa shape index (κ3) is 15.7. The fourth-order valence-electron chi connectivity index (χ4n) is 6.32. The highest BCUT2D eigenvalue weighted by Crippen LogP contribution is 2.25. The lowest BCUT2D eigenvalue weighted by molar-refractivity contribution is -0.142. The van der Waals surface area contributed by atoms with Crippen LogP contribution in [0.1, 0.15) is 30.5 Å². The van der Waals surface area contributed by atoms with Gasteiger partial charge in [-0.05, 0) is 79.1 Å². The number of hydrogen-bond acceptors (Lipinski definition) is 12. The molecule has 0 bridgehead atoms. The van der Waals surface area contributed by atoms with Crippen LogP contribution in [0.15, 0.2) is 138 Å². The van der Waals surface area contributed by atoms with E-state index >= 15 is 0 Å². The van der Waals surface area contributed by atoms with Crippen LogP contribution in [0.5, 0.6) is 5.75 Å². The molecule has 0 aliphatic carbocycles. The molecule has 2 N–H and O–H groups in total. The van der Waals surface area contributed by atoms with E-state index in [1.807, 2.05) is 0 Å². The predicted molar refractivity (Wildman–Crippen MR) is 272 cm³/mol. The van der Waals surface area contributed by atoms with Crippen molar-refractivity contribution in [2.75, 3.05) is 19.5 Å². The number of anilines is 2. The lowest BCUT2D eigenvalue weighted by atomic mass is 10.2. The highest BCUT2D eigenvalue weighted by molar-refractivity contribution is 6.31. The highest BCUT2D eigenvalue weighted by atomic mass is 35.5. The average molecular weight is 1090 g/mol. The van der Waals surface area contributed by atoms with Gasteiger partial charge >= 0.3 is 29.0 Å². The maximum Gasteiger partial charge on any atom is 0.333 e. The summed E-state index contributed by atoms with van der Waals surface area (Å²) in [5, 5.41) is 4.72. The van der Waals surface area contributed by atoms with Gasteiger partial charge in [-0.15, -0.1) is 0 Å². The molecule has 24 heteroatoms. The molecule has 7 rings (SSSR count). The van der Waals surface area contributed by atoms with Gasteiger partial charge in [0.15, 0.2) is 11.6 Å². The van der Waals surface area contributed by atoms with Crippen molar-refractivity contribution in [3.8, 4) is 5.75 Å². The molecule has 7 aromatic rings. The van der Waals surface area contributed by atoms with Gasteiger partial charge in [0.25, 0.3) is 16.7 Å². The van der Waals surface area contributed by atoms with Crippen LogP contribution in [0.25, 0.3) is 0 Å². The van der Waals surface area contributed by atoms with Crippen LogP contribution in [0.3, 0.4) is 0 Å². The van der Waals surface area contributed by atoms with Crippen molar-refractivity contribution < 1.29 is 28.2 Å². The van der Waals surface area contributed by atoms with Crippen LogP contribution in [0, 0.1) is 5.82 Å². The van der Waals surface area contributed by atoms with Gasteiger partial charge in [0.2, 0.25) is 0 Å². The van der Waals surface area contributed by atoms with Gasteiger partial charge in [-0.3, -0.25) is 42.7 Å². The van der Waals surface area contributed by atoms with Gasteiger partial charge in [0.1, 0.15) is 29.2 Å². The van der Waals surface area contributed by atoms with Gasteiger partial charge in [0.05, 0.1) is 40.0 Å². The minimum atomic E-state index is -0.740. The largest absolute Gasteiger partial charge is 0.488 e.